The van der Waals surface area contributed by atoms with Crippen molar-refractivity contribution in [1.82, 2.24) is 19.9 Å². The molecule has 3 heterocycles. The van der Waals surface area contributed by atoms with Crippen molar-refractivity contribution in [2.24, 2.45) is 0 Å². The van der Waals surface area contributed by atoms with Crippen LogP contribution in [0.5, 0.6) is 0 Å². The molecule has 1 saturated heterocycles. The van der Waals surface area contributed by atoms with Crippen LogP contribution in [0.2, 0.25) is 0 Å². The molecule has 0 spiro atoms. The highest BCUT2D eigenvalue weighted by Gasteiger charge is 2.17. The van der Waals surface area contributed by atoms with Crippen LogP contribution in [-0.4, -0.2) is 40.9 Å². The molecule has 8 heteroatoms. The number of halogens is 1. The highest BCUT2D eigenvalue weighted by Crippen LogP contribution is 2.29. The van der Waals surface area contributed by atoms with Crippen LogP contribution >= 0.6 is 11.9 Å². The van der Waals surface area contributed by atoms with Crippen LogP contribution in [0.4, 0.5) is 21.7 Å². The molecule has 6 nitrogen and oxygen atoms in total. The van der Waals surface area contributed by atoms with E-state index in [2.05, 4.69) is 62.1 Å². The molecule has 1 fully saturated rings. The normalized spacial score (nSPS) is 14.4. The Balaban J connectivity index is 1.39. The predicted octanol–water partition coefficient (Wildman–Crippen LogP) is 5.54. The molecular weight excluding hydrogens is 447 g/mol. The van der Waals surface area contributed by atoms with Crippen molar-refractivity contribution in [3.8, 4) is 0 Å². The number of hydrogen-bond acceptors (Lipinski definition) is 6. The van der Waals surface area contributed by atoms with E-state index in [0.717, 1.165) is 42.5 Å². The standard InChI is InChI=1S/C26H29FN6S/c1-32(34-2)24-6-4-3-5-21(24)17-33-14-11-20-16-29-26(31-25(20)33)30-23-8-7-19(15-22(23)27)18-9-12-28-13-10-18/h3-8,11,14-16,18,28H,9-10,12-13,17H2,1-2H3,(H,29,30,31). The molecule has 0 amide bonds. The molecule has 1 aliphatic heterocycles. The molecule has 0 aliphatic carbocycles. The van der Waals surface area contributed by atoms with Gasteiger partial charge in [0.1, 0.15) is 11.5 Å². The summed E-state index contributed by atoms with van der Waals surface area (Å²) in [5.74, 6) is 0.522. The summed E-state index contributed by atoms with van der Waals surface area (Å²) in [5.41, 5.74) is 4.63. The molecule has 0 unspecified atom stereocenters. The largest absolute Gasteiger partial charge is 0.328 e. The smallest absolute Gasteiger partial charge is 0.229 e. The summed E-state index contributed by atoms with van der Waals surface area (Å²) >= 11 is 1.67. The van der Waals surface area contributed by atoms with Crippen LogP contribution in [0.15, 0.2) is 60.9 Å². The van der Waals surface area contributed by atoms with E-state index in [0.29, 0.717) is 24.1 Å². The lowest BCUT2D eigenvalue weighted by Crippen LogP contribution is -2.26. The van der Waals surface area contributed by atoms with Crippen LogP contribution in [0.1, 0.15) is 29.9 Å². The van der Waals surface area contributed by atoms with Crippen LogP contribution in [0.3, 0.4) is 0 Å². The molecule has 4 aromatic rings. The van der Waals surface area contributed by atoms with E-state index in [1.54, 1.807) is 30.3 Å². The Morgan fingerprint density at radius 3 is 2.79 bits per heavy atom. The lowest BCUT2D eigenvalue weighted by Gasteiger charge is -2.23. The summed E-state index contributed by atoms with van der Waals surface area (Å²) < 4.78 is 19.2. The Hall–Kier alpha value is -3.10. The van der Waals surface area contributed by atoms with Gasteiger partial charge in [-0.05, 0) is 67.2 Å². The van der Waals surface area contributed by atoms with Crippen molar-refractivity contribution in [3.63, 3.8) is 0 Å². The number of benzene rings is 2. The van der Waals surface area contributed by atoms with Crippen LogP contribution in [0.25, 0.3) is 11.0 Å². The molecule has 2 N–H and O–H groups in total. The average Bonchev–Trinajstić information content (AvgIpc) is 3.27. The summed E-state index contributed by atoms with van der Waals surface area (Å²) in [5, 5.41) is 7.39. The minimum absolute atomic E-state index is 0.274. The van der Waals surface area contributed by atoms with E-state index in [-0.39, 0.29) is 5.82 Å². The third-order valence-electron chi connectivity index (χ3n) is 6.50. The third kappa shape index (κ3) is 4.74. The fraction of sp³-hybridized carbons (Fsp3) is 0.308. The molecule has 5 rings (SSSR count). The van der Waals surface area contributed by atoms with Gasteiger partial charge in [-0.2, -0.15) is 4.98 Å². The number of nitrogens with zero attached hydrogens (tertiary/aromatic N) is 4. The predicted molar refractivity (Wildman–Crippen MR) is 140 cm³/mol. The quantitative estimate of drug-likeness (QED) is 0.342. The van der Waals surface area contributed by atoms with E-state index in [1.807, 2.05) is 18.3 Å². The number of para-hydroxylation sites is 1. The van der Waals surface area contributed by atoms with Gasteiger partial charge in [-0.15, -0.1) is 0 Å². The Kier molecular flexibility index (Phi) is 6.69. The third-order valence-corrected chi connectivity index (χ3v) is 7.24. The lowest BCUT2D eigenvalue weighted by atomic mass is 9.90. The van der Waals surface area contributed by atoms with Crippen LogP contribution in [-0.2, 0) is 6.54 Å². The van der Waals surface area contributed by atoms with E-state index in [9.17, 15) is 4.39 Å². The number of aromatic nitrogens is 3. The van der Waals surface area contributed by atoms with Crippen molar-refractivity contribution in [2.75, 3.05) is 36.0 Å². The van der Waals surface area contributed by atoms with Gasteiger partial charge in [-0.1, -0.05) is 36.2 Å². The molecule has 0 radical (unpaired) electrons. The SMILES string of the molecule is CSN(C)c1ccccc1Cn1ccc2cnc(Nc3ccc(C4CCNCC4)cc3F)nc21. The summed E-state index contributed by atoms with van der Waals surface area (Å²) in [6.07, 6.45) is 7.94. The summed E-state index contributed by atoms with van der Waals surface area (Å²) in [4.78, 5) is 9.13. The first kappa shape index (κ1) is 22.7. The zero-order chi connectivity index (χ0) is 23.5. The molecule has 0 bridgehead atoms. The topological polar surface area (TPSA) is 58.0 Å². The number of hydrogen-bond donors (Lipinski definition) is 2. The fourth-order valence-corrected chi connectivity index (χ4v) is 4.93. The Morgan fingerprint density at radius 2 is 2.00 bits per heavy atom. The van der Waals surface area contributed by atoms with Gasteiger partial charge in [-0.3, -0.25) is 0 Å². The van der Waals surface area contributed by atoms with Crippen molar-refractivity contribution in [1.29, 1.82) is 0 Å². The van der Waals surface area contributed by atoms with Gasteiger partial charge in [-0.25, -0.2) is 9.37 Å². The molecule has 0 saturated carbocycles. The number of anilines is 3. The molecule has 34 heavy (non-hydrogen) atoms. The zero-order valence-electron chi connectivity index (χ0n) is 19.5. The second-order valence-electron chi connectivity index (χ2n) is 8.61. The average molecular weight is 477 g/mol. The first-order valence-electron chi connectivity index (χ1n) is 11.6. The summed E-state index contributed by atoms with van der Waals surface area (Å²) in [6, 6.07) is 15.8. The van der Waals surface area contributed by atoms with Gasteiger partial charge in [0.15, 0.2) is 0 Å². The molecule has 2 aromatic heterocycles. The highest BCUT2D eigenvalue weighted by molar-refractivity contribution is 7.99. The number of nitrogens with one attached hydrogen (secondary N) is 2. The highest BCUT2D eigenvalue weighted by atomic mass is 32.2. The van der Waals surface area contributed by atoms with Gasteiger partial charge in [0.25, 0.3) is 0 Å². The summed E-state index contributed by atoms with van der Waals surface area (Å²) in [7, 11) is 2.06. The van der Waals surface area contributed by atoms with Crippen molar-refractivity contribution in [3.05, 3.63) is 77.9 Å². The number of fused-ring (bicyclic) bond motifs is 1. The van der Waals surface area contributed by atoms with Gasteiger partial charge < -0.3 is 19.5 Å². The van der Waals surface area contributed by atoms with Gasteiger partial charge in [0.2, 0.25) is 5.95 Å². The molecule has 1 aliphatic rings. The zero-order valence-corrected chi connectivity index (χ0v) is 20.3. The Morgan fingerprint density at radius 1 is 1.18 bits per heavy atom. The lowest BCUT2D eigenvalue weighted by molar-refractivity contribution is 0.458. The summed E-state index contributed by atoms with van der Waals surface area (Å²) in [6.45, 7) is 2.65. The minimum Gasteiger partial charge on any atom is -0.328 e. The fourth-order valence-electron chi connectivity index (χ4n) is 4.55. The van der Waals surface area contributed by atoms with Crippen molar-refractivity contribution in [2.45, 2.75) is 25.3 Å². The second kappa shape index (κ2) is 10.0. The van der Waals surface area contributed by atoms with Crippen LogP contribution in [0, 0.1) is 5.82 Å². The van der Waals surface area contributed by atoms with Crippen molar-refractivity contribution < 1.29 is 4.39 Å². The Labute approximate surface area is 203 Å². The monoisotopic (exact) mass is 476 g/mol. The molecule has 2 aromatic carbocycles. The van der Waals surface area contributed by atoms with Crippen LogP contribution < -0.4 is 14.9 Å². The van der Waals surface area contributed by atoms with Gasteiger partial charge >= 0.3 is 0 Å². The molecule has 0 atom stereocenters. The van der Waals surface area contributed by atoms with Gasteiger partial charge in [0, 0.05) is 31.1 Å². The Bertz CT molecular complexity index is 1280. The maximum atomic E-state index is 14.9. The van der Waals surface area contributed by atoms with Gasteiger partial charge in [0.05, 0.1) is 17.9 Å². The second-order valence-corrected chi connectivity index (χ2v) is 9.53. The van der Waals surface area contributed by atoms with E-state index in [4.69, 9.17) is 4.98 Å². The molecule has 176 valence electrons. The first-order chi connectivity index (χ1) is 16.6. The van der Waals surface area contributed by atoms with Crippen molar-refractivity contribution >= 4 is 40.3 Å². The van der Waals surface area contributed by atoms with E-state index < -0.39 is 0 Å². The maximum absolute atomic E-state index is 14.9. The number of rotatable bonds is 7. The molecular formula is C26H29FN6S. The number of piperidine rings is 1. The maximum Gasteiger partial charge on any atom is 0.229 e. The van der Waals surface area contributed by atoms with E-state index in [1.165, 1.54) is 11.3 Å². The first-order valence-corrected chi connectivity index (χ1v) is 12.8. The minimum atomic E-state index is -0.274. The van der Waals surface area contributed by atoms with E-state index >= 15 is 0 Å².